The number of hydrogen-bond acceptors (Lipinski definition) is 8. The summed E-state index contributed by atoms with van der Waals surface area (Å²) in [5.41, 5.74) is 14.5. The lowest BCUT2D eigenvalue weighted by atomic mass is 9.81. The molecule has 6 aromatic carbocycles. The first kappa shape index (κ1) is 51.3. The van der Waals surface area contributed by atoms with E-state index < -0.39 is 0 Å². The van der Waals surface area contributed by atoms with Crippen molar-refractivity contribution < 1.29 is 19.7 Å². The second-order valence-corrected chi connectivity index (χ2v) is 21.6. The maximum Gasteiger partial charge on any atom is 0.126 e. The number of phenols is 2. The van der Waals surface area contributed by atoms with Gasteiger partial charge in [-0.25, -0.2) is 0 Å². The Morgan fingerprint density at radius 1 is 0.471 bits per heavy atom. The van der Waals surface area contributed by atoms with E-state index in [-0.39, 0.29) is 22.3 Å². The molecule has 0 aliphatic heterocycles. The summed E-state index contributed by atoms with van der Waals surface area (Å²) in [5, 5.41) is 25.3. The minimum atomic E-state index is -0.211. The molecule has 1 aliphatic rings. The molecule has 8 nitrogen and oxygen atoms in total. The SMILES string of the molecule is CCCCOc1c2cc(C(C)(C)C)cc1Cc1cc(N=Cc3ccc(N(C)C)cc3)cc(c1O)Cc1cc(C(C)(C)C)cc(c1OCCCC)Cc1cc(N=Cc3ccc(N(C)C)cc3)cc(c1O)C2. The molecule has 0 saturated heterocycles. The number of unbranched alkanes of at least 4 members (excludes halogenated alkanes) is 2. The van der Waals surface area contributed by atoms with Crippen molar-refractivity contribution in [3.63, 3.8) is 0 Å². The summed E-state index contributed by atoms with van der Waals surface area (Å²) >= 11 is 0. The second kappa shape index (κ2) is 22.0. The van der Waals surface area contributed by atoms with Crippen molar-refractivity contribution in [1.82, 2.24) is 0 Å². The topological polar surface area (TPSA) is 90.1 Å². The average molecular weight is 941 g/mol. The fourth-order valence-corrected chi connectivity index (χ4v) is 8.92. The van der Waals surface area contributed by atoms with Crippen LogP contribution < -0.4 is 19.3 Å². The maximum absolute atomic E-state index is 12.6. The summed E-state index contributed by atoms with van der Waals surface area (Å²) < 4.78 is 13.7. The summed E-state index contributed by atoms with van der Waals surface area (Å²) in [5.74, 6) is 2.05. The van der Waals surface area contributed by atoms with Gasteiger partial charge >= 0.3 is 0 Å². The average Bonchev–Trinajstić information content (AvgIpc) is 3.31. The van der Waals surface area contributed by atoms with Gasteiger partial charge < -0.3 is 29.5 Å². The van der Waals surface area contributed by atoms with Crippen molar-refractivity contribution in [1.29, 1.82) is 0 Å². The summed E-state index contributed by atoms with van der Waals surface area (Å²) in [4.78, 5) is 14.4. The van der Waals surface area contributed by atoms with Crippen molar-refractivity contribution in [2.75, 3.05) is 51.2 Å². The van der Waals surface area contributed by atoms with E-state index in [1.807, 2.05) is 64.9 Å². The predicted octanol–water partition coefficient (Wildman–Crippen LogP) is 14.4. The van der Waals surface area contributed by atoms with Crippen molar-refractivity contribution in [2.24, 2.45) is 9.98 Å². The first-order valence-electron chi connectivity index (χ1n) is 25.2. The van der Waals surface area contributed by atoms with Gasteiger partial charge in [0.25, 0.3) is 0 Å². The molecule has 0 spiro atoms. The van der Waals surface area contributed by atoms with Crippen LogP contribution in [-0.4, -0.2) is 64.0 Å². The smallest absolute Gasteiger partial charge is 0.126 e. The maximum atomic E-state index is 12.6. The Morgan fingerprint density at radius 2 is 0.771 bits per heavy atom. The highest BCUT2D eigenvalue weighted by Gasteiger charge is 2.27. The van der Waals surface area contributed by atoms with Crippen LogP contribution in [0.1, 0.15) is 148 Å². The monoisotopic (exact) mass is 941 g/mol. The molecule has 2 N–H and O–H groups in total. The molecule has 0 amide bonds. The standard InChI is InChI=1S/C62H76N4O4/c1-13-15-25-69-59-47-27-43-35-53(63-39-41-17-21-55(22-18-41)65(9)10)37-45(57(43)67)29-49-33-52(62(6,7)8)34-50(60(49)70-26-16-14-2)30-46-38-54(64-40-42-19-23-56(24-20-42)66(11)12)36-44(58(46)68)28-48(59)32-51(31-47)61(3,4)5/h17-24,31-40,67-68H,13-16,25-30H2,1-12H3. The van der Waals surface area contributed by atoms with Crippen molar-refractivity contribution in [3.8, 4) is 23.0 Å². The van der Waals surface area contributed by atoms with E-state index >= 15 is 0 Å². The molecule has 0 saturated carbocycles. The minimum absolute atomic E-state index is 0.211. The van der Waals surface area contributed by atoms with Gasteiger partial charge in [-0.05, 0) is 117 Å². The number of ether oxygens (including phenoxy) is 2. The molecule has 70 heavy (non-hydrogen) atoms. The molecule has 0 unspecified atom stereocenters. The zero-order chi connectivity index (χ0) is 50.3. The van der Waals surface area contributed by atoms with Gasteiger partial charge in [-0.15, -0.1) is 0 Å². The molecular formula is C62H76N4O4. The highest BCUT2D eigenvalue weighted by molar-refractivity contribution is 5.84. The van der Waals surface area contributed by atoms with Gasteiger partial charge in [0.15, 0.2) is 0 Å². The van der Waals surface area contributed by atoms with Gasteiger partial charge in [-0.1, -0.05) is 117 Å². The number of aromatic hydroxyl groups is 2. The summed E-state index contributed by atoms with van der Waals surface area (Å²) in [6.07, 6.45) is 9.16. The van der Waals surface area contributed by atoms with Gasteiger partial charge in [0.05, 0.1) is 24.6 Å². The summed E-state index contributed by atoms with van der Waals surface area (Å²) in [6.45, 7) is 18.8. The zero-order valence-electron chi connectivity index (χ0n) is 44.0. The lowest BCUT2D eigenvalue weighted by Gasteiger charge is -2.26. The van der Waals surface area contributed by atoms with E-state index in [0.29, 0.717) is 38.9 Å². The number of nitrogens with zero attached hydrogens (tertiary/aromatic N) is 4. The van der Waals surface area contributed by atoms with Crippen LogP contribution in [0.15, 0.2) is 107 Å². The Hall–Kier alpha value is -6.54. The number of phenolic OH excluding ortho intramolecular Hbond substituents is 2. The third kappa shape index (κ3) is 12.6. The third-order valence-corrected chi connectivity index (χ3v) is 13.3. The van der Waals surface area contributed by atoms with Crippen LogP contribution in [0.5, 0.6) is 23.0 Å². The Labute approximate surface area is 418 Å². The minimum Gasteiger partial charge on any atom is -0.507 e. The molecular weight excluding hydrogens is 865 g/mol. The Kier molecular flexibility index (Phi) is 16.2. The fraction of sp³-hybridized carbons (Fsp3) is 0.387. The lowest BCUT2D eigenvalue weighted by Crippen LogP contribution is -2.15. The van der Waals surface area contributed by atoms with Gasteiger partial charge in [-0.2, -0.15) is 0 Å². The molecule has 368 valence electrons. The number of anilines is 2. The van der Waals surface area contributed by atoms with Crippen molar-refractivity contribution in [3.05, 3.63) is 164 Å². The molecule has 0 heterocycles. The molecule has 0 aromatic heterocycles. The molecule has 0 atom stereocenters. The van der Waals surface area contributed by atoms with Crippen molar-refractivity contribution in [2.45, 2.75) is 118 Å². The zero-order valence-corrected chi connectivity index (χ0v) is 44.0. The fourth-order valence-electron chi connectivity index (χ4n) is 8.92. The van der Waals surface area contributed by atoms with Gasteiger partial charge in [0.1, 0.15) is 23.0 Å². The third-order valence-electron chi connectivity index (χ3n) is 13.3. The Morgan fingerprint density at radius 3 is 1.03 bits per heavy atom. The molecule has 1 aliphatic carbocycles. The van der Waals surface area contributed by atoms with Crippen LogP contribution in [0.3, 0.4) is 0 Å². The Bertz CT molecular complexity index is 2530. The van der Waals surface area contributed by atoms with Crippen LogP contribution >= 0.6 is 0 Å². The molecule has 0 fully saturated rings. The Balaban J connectivity index is 1.50. The van der Waals surface area contributed by atoms with E-state index in [9.17, 15) is 10.2 Å². The normalized spacial score (nSPS) is 13.0. The van der Waals surface area contributed by atoms with Crippen LogP contribution in [0.25, 0.3) is 0 Å². The molecule has 7 rings (SSSR count). The van der Waals surface area contributed by atoms with E-state index in [4.69, 9.17) is 19.5 Å². The molecule has 8 bridgehead atoms. The van der Waals surface area contributed by atoms with Crippen molar-refractivity contribution >= 4 is 35.2 Å². The van der Waals surface area contributed by atoms with Gasteiger partial charge in [-0.3, -0.25) is 9.98 Å². The molecule has 0 radical (unpaired) electrons. The molecule has 8 heteroatoms. The number of rotatable bonds is 14. The highest BCUT2D eigenvalue weighted by atomic mass is 16.5. The number of benzene rings is 6. The number of aliphatic imine (C=N–C) groups is 2. The first-order chi connectivity index (χ1) is 33.3. The lowest BCUT2D eigenvalue weighted by molar-refractivity contribution is 0.303. The van der Waals surface area contributed by atoms with E-state index in [1.54, 1.807) is 0 Å². The molecule has 6 aromatic rings. The van der Waals surface area contributed by atoms with E-state index in [1.165, 1.54) is 0 Å². The van der Waals surface area contributed by atoms with Gasteiger partial charge in [0.2, 0.25) is 0 Å². The predicted molar refractivity (Wildman–Crippen MR) is 295 cm³/mol. The largest absolute Gasteiger partial charge is 0.507 e. The number of fused-ring (bicyclic) bond motifs is 8. The highest BCUT2D eigenvalue weighted by Crippen LogP contribution is 2.43. The van der Waals surface area contributed by atoms with E-state index in [0.717, 1.165) is 127 Å². The van der Waals surface area contributed by atoms with Gasteiger partial charge in [0, 0.05) is 99.9 Å². The van der Waals surface area contributed by atoms with Crippen LogP contribution in [0, 0.1) is 0 Å². The second-order valence-electron chi connectivity index (χ2n) is 21.6. The van der Waals surface area contributed by atoms with Crippen LogP contribution in [-0.2, 0) is 36.5 Å². The quantitative estimate of drug-likeness (QED) is 0.0834. The first-order valence-corrected chi connectivity index (χ1v) is 25.2. The van der Waals surface area contributed by atoms with E-state index in [2.05, 4.69) is 138 Å². The number of hydrogen-bond donors (Lipinski definition) is 2. The van der Waals surface area contributed by atoms with Crippen LogP contribution in [0.4, 0.5) is 22.7 Å². The summed E-state index contributed by atoms with van der Waals surface area (Å²) in [7, 11) is 8.15. The van der Waals surface area contributed by atoms with Crippen LogP contribution in [0.2, 0.25) is 0 Å². The summed E-state index contributed by atoms with van der Waals surface area (Å²) in [6, 6.07) is 33.8.